The Kier molecular flexibility index (Phi) is 17.2. The second-order valence-corrected chi connectivity index (χ2v) is 18.4. The van der Waals surface area contributed by atoms with E-state index >= 15 is 0 Å². The summed E-state index contributed by atoms with van der Waals surface area (Å²) >= 11 is 0. The van der Waals surface area contributed by atoms with Gasteiger partial charge in [-0.15, -0.1) is 0 Å². The summed E-state index contributed by atoms with van der Waals surface area (Å²) in [5.41, 5.74) is 9.73. The Morgan fingerprint density at radius 2 is 1.52 bits per heavy atom. The molecular weight excluding hydrogens is 646 g/mol. The number of ether oxygens (including phenoxy) is 7. The molecule has 2 saturated heterocycles. The predicted octanol–water partition coefficient (Wildman–Crippen LogP) is 4.38. The molecule has 0 aromatic carbocycles. The molecular formula is C32H59N3O12Si. The molecule has 2 N–H and O–H groups in total. The van der Waals surface area contributed by atoms with Crippen molar-refractivity contribution in [2.75, 3.05) is 26.4 Å². The first-order valence-electron chi connectivity index (χ1n) is 17.1. The second kappa shape index (κ2) is 19.5. The molecule has 2 rings (SSSR count). The predicted molar refractivity (Wildman–Crippen MR) is 177 cm³/mol. The lowest BCUT2D eigenvalue weighted by Crippen LogP contribution is -2.66. The highest BCUT2D eigenvalue weighted by Crippen LogP contribution is 2.46. The molecule has 2 aliphatic heterocycles. The number of carbonyl (C=O) groups is 2. The number of azide groups is 1. The summed E-state index contributed by atoms with van der Waals surface area (Å²) in [7, 11) is -2.60. The van der Waals surface area contributed by atoms with Crippen LogP contribution in [0.1, 0.15) is 81.1 Å². The summed E-state index contributed by atoms with van der Waals surface area (Å²) in [6.07, 6.45) is -7.55. The van der Waals surface area contributed by atoms with Gasteiger partial charge in [-0.05, 0) is 42.4 Å². The van der Waals surface area contributed by atoms with Crippen LogP contribution in [0.15, 0.2) is 5.11 Å². The van der Waals surface area contributed by atoms with Gasteiger partial charge in [0.1, 0.15) is 43.2 Å². The van der Waals surface area contributed by atoms with Crippen LogP contribution in [0.2, 0.25) is 18.1 Å². The number of hydrogen-bond donors (Lipinski definition) is 2. The van der Waals surface area contributed by atoms with Gasteiger partial charge in [-0.1, -0.05) is 59.5 Å². The van der Waals surface area contributed by atoms with Gasteiger partial charge in [-0.2, -0.15) is 0 Å². The number of hydrogen-bond acceptors (Lipinski definition) is 13. The van der Waals surface area contributed by atoms with Crippen LogP contribution in [0.25, 0.3) is 10.4 Å². The Balaban J connectivity index is 2.65. The minimum atomic E-state index is -2.60. The number of rotatable bonds is 19. The van der Waals surface area contributed by atoms with Crippen LogP contribution in [0.4, 0.5) is 0 Å². The summed E-state index contributed by atoms with van der Waals surface area (Å²) in [5, 5.41) is 25.0. The molecule has 4 unspecified atom stereocenters. The van der Waals surface area contributed by atoms with Crippen molar-refractivity contribution in [2.24, 2.45) is 11.0 Å². The van der Waals surface area contributed by atoms with Gasteiger partial charge in [0.25, 0.3) is 0 Å². The van der Waals surface area contributed by atoms with E-state index in [0.29, 0.717) is 12.8 Å². The Morgan fingerprint density at radius 3 is 2.02 bits per heavy atom. The molecule has 0 amide bonds. The highest BCUT2D eigenvalue weighted by Gasteiger charge is 2.56. The second-order valence-electron chi connectivity index (χ2n) is 13.8. The van der Waals surface area contributed by atoms with Gasteiger partial charge in [0, 0.05) is 32.0 Å². The number of nitrogens with zero attached hydrogens (tertiary/aromatic N) is 3. The molecule has 0 aliphatic carbocycles. The smallest absolute Gasteiger partial charge is 0.303 e. The Labute approximate surface area is 285 Å². The van der Waals surface area contributed by atoms with Crippen molar-refractivity contribution in [2.45, 2.75) is 161 Å². The summed E-state index contributed by atoms with van der Waals surface area (Å²) in [4.78, 5) is 27.4. The fourth-order valence-corrected chi connectivity index (χ4v) is 8.01. The fourth-order valence-electron chi connectivity index (χ4n) is 5.54. The molecule has 2 fully saturated rings. The van der Waals surface area contributed by atoms with Gasteiger partial charge in [0.05, 0.1) is 12.7 Å². The lowest BCUT2D eigenvalue weighted by atomic mass is 9.95. The van der Waals surface area contributed by atoms with Crippen LogP contribution in [0, 0.1) is 5.92 Å². The maximum Gasteiger partial charge on any atom is 0.303 e. The Morgan fingerprint density at radius 1 is 0.938 bits per heavy atom. The third-order valence-corrected chi connectivity index (χ3v) is 14.2. The largest absolute Gasteiger partial charge is 0.463 e. The normalized spacial score (nSPS) is 31.3. The zero-order valence-corrected chi connectivity index (χ0v) is 31.3. The van der Waals surface area contributed by atoms with E-state index in [1.165, 1.54) is 13.8 Å². The molecule has 2 heterocycles. The van der Waals surface area contributed by atoms with E-state index in [2.05, 4.69) is 50.8 Å². The number of aliphatic hydroxyl groups excluding tert-OH is 2. The Hall–Kier alpha value is -1.85. The molecule has 2 aliphatic rings. The van der Waals surface area contributed by atoms with Crippen molar-refractivity contribution in [3.05, 3.63) is 10.4 Å². The van der Waals surface area contributed by atoms with E-state index in [4.69, 9.17) is 37.6 Å². The van der Waals surface area contributed by atoms with Crippen molar-refractivity contribution < 1.29 is 57.4 Å². The standard InChI is InChI=1S/C32H59N3O12Si/c1-11-13-15-40-27-24(34-35-33)30(47-48(9,10)32(7,8)19(3)4)45-23(18-42-20(5)37)26(27)46-31-29(43-21(6)38)28(41-16-14-12-2)25(39)22(17-36)44-31/h19,22-31,36,39H,11-18H2,1-10H3/t22?,23?,24?,25-,26-,27-,28+,29?,30+,31+/m1/s1. The van der Waals surface area contributed by atoms with Crippen molar-refractivity contribution >= 4 is 20.3 Å². The monoisotopic (exact) mass is 705 g/mol. The molecule has 0 aromatic rings. The number of aliphatic hydroxyl groups is 2. The van der Waals surface area contributed by atoms with Gasteiger partial charge in [-0.3, -0.25) is 9.59 Å². The summed E-state index contributed by atoms with van der Waals surface area (Å²) < 4.78 is 49.2. The molecule has 0 aromatic heterocycles. The number of carbonyl (C=O) groups excluding carboxylic acids is 2. The summed E-state index contributed by atoms with van der Waals surface area (Å²) in [5.74, 6) is -0.983. The molecule has 48 heavy (non-hydrogen) atoms. The van der Waals surface area contributed by atoms with E-state index in [0.717, 1.165) is 12.8 Å². The van der Waals surface area contributed by atoms with E-state index in [-0.39, 0.29) is 30.8 Å². The molecule has 278 valence electrons. The molecule has 10 atom stereocenters. The highest BCUT2D eigenvalue weighted by molar-refractivity contribution is 6.74. The lowest BCUT2D eigenvalue weighted by Gasteiger charge is -2.51. The van der Waals surface area contributed by atoms with Crippen LogP contribution < -0.4 is 0 Å². The van der Waals surface area contributed by atoms with E-state index in [9.17, 15) is 25.3 Å². The lowest BCUT2D eigenvalue weighted by molar-refractivity contribution is -0.349. The quantitative estimate of drug-likeness (QED) is 0.0481. The van der Waals surface area contributed by atoms with Gasteiger partial charge in [0.15, 0.2) is 27.0 Å². The molecule has 0 radical (unpaired) electrons. The first-order valence-corrected chi connectivity index (χ1v) is 20.0. The fraction of sp³-hybridized carbons (Fsp3) is 0.938. The zero-order chi connectivity index (χ0) is 36.2. The topological polar surface area (TPSA) is 197 Å². The average Bonchev–Trinajstić information content (AvgIpc) is 3.00. The van der Waals surface area contributed by atoms with Crippen LogP contribution in [0.5, 0.6) is 0 Å². The molecule has 0 bridgehead atoms. The zero-order valence-electron chi connectivity index (χ0n) is 30.3. The maximum atomic E-state index is 12.3. The van der Waals surface area contributed by atoms with E-state index < -0.39 is 88.2 Å². The van der Waals surface area contributed by atoms with Crippen LogP contribution in [-0.4, -0.2) is 118 Å². The molecule has 15 nitrogen and oxygen atoms in total. The number of esters is 2. The van der Waals surface area contributed by atoms with Gasteiger partial charge >= 0.3 is 11.9 Å². The summed E-state index contributed by atoms with van der Waals surface area (Å²) in [6, 6.07) is -1.05. The van der Waals surface area contributed by atoms with Crippen molar-refractivity contribution in [3.8, 4) is 0 Å². The van der Waals surface area contributed by atoms with Crippen molar-refractivity contribution in [1.82, 2.24) is 0 Å². The summed E-state index contributed by atoms with van der Waals surface area (Å²) in [6.45, 7) is 18.7. The number of unbranched alkanes of at least 4 members (excludes halogenated alkanes) is 2. The van der Waals surface area contributed by atoms with E-state index in [1.807, 2.05) is 13.8 Å². The highest BCUT2D eigenvalue weighted by atomic mass is 28.4. The first kappa shape index (κ1) is 42.3. The van der Waals surface area contributed by atoms with Crippen molar-refractivity contribution in [3.63, 3.8) is 0 Å². The third kappa shape index (κ3) is 11.1. The van der Waals surface area contributed by atoms with Crippen LogP contribution in [-0.2, 0) is 47.2 Å². The molecule has 0 saturated carbocycles. The first-order chi connectivity index (χ1) is 22.6. The van der Waals surface area contributed by atoms with Gasteiger partial charge < -0.3 is 47.8 Å². The minimum Gasteiger partial charge on any atom is -0.463 e. The van der Waals surface area contributed by atoms with Gasteiger partial charge in [-0.25, -0.2) is 0 Å². The molecule has 0 spiro atoms. The van der Waals surface area contributed by atoms with Gasteiger partial charge in [0.2, 0.25) is 0 Å². The Bertz CT molecular complexity index is 1060. The van der Waals surface area contributed by atoms with Crippen LogP contribution in [0.3, 0.4) is 0 Å². The minimum absolute atomic E-state index is 0.227. The maximum absolute atomic E-state index is 12.3. The average molecular weight is 706 g/mol. The molecule has 16 heteroatoms. The van der Waals surface area contributed by atoms with Crippen LogP contribution >= 0.6 is 0 Å². The third-order valence-electron chi connectivity index (χ3n) is 9.66. The SMILES string of the molecule is CCCCO[C@@H]1C(OC(C)=O)[C@H](O[C@@H]2C(COC(C)=O)O[C@@H](O[Si](C)(C)C(C)(C)C(C)C)C(N=[N+]=[N-])[C@H]2OCCCC)OC(CO)[C@H]1O. The van der Waals surface area contributed by atoms with Crippen molar-refractivity contribution in [1.29, 1.82) is 0 Å². The van der Waals surface area contributed by atoms with E-state index in [1.54, 1.807) is 0 Å².